The van der Waals surface area contributed by atoms with Crippen molar-refractivity contribution in [2.45, 2.75) is 13.8 Å². The van der Waals surface area contributed by atoms with Gasteiger partial charge in [-0.15, -0.1) is 5.10 Å². The molecule has 3 rings (SSSR count). The maximum atomic E-state index is 12.5. The highest BCUT2D eigenvalue weighted by Crippen LogP contribution is 2.18. The Morgan fingerprint density at radius 2 is 1.64 bits per heavy atom. The van der Waals surface area contributed by atoms with Crippen LogP contribution in [-0.2, 0) is 0 Å². The van der Waals surface area contributed by atoms with Gasteiger partial charge in [0.25, 0.3) is 5.91 Å². The molecule has 1 N–H and O–H groups in total. The SMILES string of the molecule is Cc1ccc(-n2nnc(C(=O)Nc3ccc(N(C)C)cc3)c2C)cc1. The second kappa shape index (κ2) is 6.76. The van der Waals surface area contributed by atoms with E-state index in [4.69, 9.17) is 0 Å². The number of hydrogen-bond acceptors (Lipinski definition) is 4. The van der Waals surface area contributed by atoms with Gasteiger partial charge < -0.3 is 10.2 Å². The fourth-order valence-electron chi connectivity index (χ4n) is 2.50. The Labute approximate surface area is 147 Å². The fourth-order valence-corrected chi connectivity index (χ4v) is 2.50. The van der Waals surface area contributed by atoms with E-state index in [2.05, 4.69) is 15.6 Å². The lowest BCUT2D eigenvalue weighted by Gasteiger charge is -2.12. The van der Waals surface area contributed by atoms with E-state index < -0.39 is 0 Å². The molecule has 0 aliphatic heterocycles. The molecule has 0 saturated carbocycles. The number of carbonyl (C=O) groups is 1. The summed E-state index contributed by atoms with van der Waals surface area (Å²) in [6.45, 7) is 3.86. The first-order valence-corrected chi connectivity index (χ1v) is 8.04. The van der Waals surface area contributed by atoms with Crippen molar-refractivity contribution >= 4 is 17.3 Å². The van der Waals surface area contributed by atoms with E-state index in [1.807, 2.05) is 81.4 Å². The van der Waals surface area contributed by atoms with Gasteiger partial charge in [-0.3, -0.25) is 4.79 Å². The number of rotatable bonds is 4. The lowest BCUT2D eigenvalue weighted by Crippen LogP contribution is -2.14. The molecule has 0 unspecified atom stereocenters. The number of carbonyl (C=O) groups excluding carboxylic acids is 1. The van der Waals surface area contributed by atoms with E-state index >= 15 is 0 Å². The van der Waals surface area contributed by atoms with Crippen molar-refractivity contribution in [3.63, 3.8) is 0 Å². The van der Waals surface area contributed by atoms with Crippen molar-refractivity contribution in [3.8, 4) is 5.69 Å². The standard InChI is InChI=1S/C19H21N5O/c1-13-5-9-17(10-6-13)24-14(2)18(21-22-24)19(25)20-15-7-11-16(12-8-15)23(3)4/h5-12H,1-4H3,(H,20,25). The molecule has 0 spiro atoms. The third kappa shape index (κ3) is 3.52. The quantitative estimate of drug-likeness (QED) is 0.795. The van der Waals surface area contributed by atoms with Crippen molar-refractivity contribution in [1.29, 1.82) is 0 Å². The van der Waals surface area contributed by atoms with Crippen LogP contribution in [0.5, 0.6) is 0 Å². The first-order chi connectivity index (χ1) is 12.0. The Bertz CT molecular complexity index is 879. The molecule has 0 atom stereocenters. The minimum atomic E-state index is -0.270. The number of nitrogens with zero attached hydrogens (tertiary/aromatic N) is 4. The predicted molar refractivity (Wildman–Crippen MR) is 99.6 cm³/mol. The summed E-state index contributed by atoms with van der Waals surface area (Å²) < 4.78 is 1.67. The van der Waals surface area contributed by atoms with Crippen molar-refractivity contribution in [2.24, 2.45) is 0 Å². The summed E-state index contributed by atoms with van der Waals surface area (Å²) in [6, 6.07) is 15.6. The van der Waals surface area contributed by atoms with E-state index in [0.29, 0.717) is 11.4 Å². The maximum absolute atomic E-state index is 12.5. The zero-order chi connectivity index (χ0) is 18.0. The normalized spacial score (nSPS) is 10.6. The summed E-state index contributed by atoms with van der Waals surface area (Å²) in [6.07, 6.45) is 0. The third-order valence-electron chi connectivity index (χ3n) is 4.03. The van der Waals surface area contributed by atoms with Gasteiger partial charge in [0.05, 0.1) is 11.4 Å². The minimum Gasteiger partial charge on any atom is -0.378 e. The molecule has 1 aromatic heterocycles. The Kier molecular flexibility index (Phi) is 4.52. The molecule has 0 aliphatic carbocycles. The molecule has 0 aliphatic rings. The lowest BCUT2D eigenvalue weighted by molar-refractivity contribution is 0.102. The molecule has 0 saturated heterocycles. The number of benzene rings is 2. The molecule has 25 heavy (non-hydrogen) atoms. The molecule has 128 valence electrons. The zero-order valence-corrected chi connectivity index (χ0v) is 14.8. The number of aromatic nitrogens is 3. The monoisotopic (exact) mass is 335 g/mol. The van der Waals surface area contributed by atoms with Gasteiger partial charge in [-0.2, -0.15) is 0 Å². The second-order valence-electron chi connectivity index (χ2n) is 6.17. The van der Waals surface area contributed by atoms with Gasteiger partial charge in [-0.25, -0.2) is 4.68 Å². The van der Waals surface area contributed by atoms with Gasteiger partial charge in [-0.1, -0.05) is 22.9 Å². The van der Waals surface area contributed by atoms with Crippen molar-refractivity contribution in [2.75, 3.05) is 24.3 Å². The predicted octanol–water partition coefficient (Wildman–Crippen LogP) is 3.20. The fraction of sp³-hybridized carbons (Fsp3) is 0.211. The smallest absolute Gasteiger partial charge is 0.278 e. The molecular weight excluding hydrogens is 314 g/mol. The van der Waals surface area contributed by atoms with Crippen molar-refractivity contribution in [3.05, 3.63) is 65.5 Å². The summed E-state index contributed by atoms with van der Waals surface area (Å²) in [5.41, 5.74) is 4.86. The van der Waals surface area contributed by atoms with Crippen LogP contribution in [0.3, 0.4) is 0 Å². The van der Waals surface area contributed by atoms with E-state index in [9.17, 15) is 4.79 Å². The Balaban J connectivity index is 1.80. The Morgan fingerprint density at radius 3 is 2.24 bits per heavy atom. The van der Waals surface area contributed by atoms with Crippen molar-refractivity contribution in [1.82, 2.24) is 15.0 Å². The molecule has 6 heteroatoms. The molecule has 3 aromatic rings. The highest BCUT2D eigenvalue weighted by Gasteiger charge is 2.17. The second-order valence-corrected chi connectivity index (χ2v) is 6.17. The topological polar surface area (TPSA) is 63.1 Å². The highest BCUT2D eigenvalue weighted by atomic mass is 16.2. The molecular formula is C19H21N5O. The first kappa shape index (κ1) is 16.7. The summed E-state index contributed by atoms with van der Waals surface area (Å²) >= 11 is 0. The average Bonchev–Trinajstić information content (AvgIpc) is 2.98. The molecule has 2 aromatic carbocycles. The number of aryl methyl sites for hydroxylation is 1. The van der Waals surface area contributed by atoms with Gasteiger partial charge in [0.15, 0.2) is 5.69 Å². The van der Waals surface area contributed by atoms with Crippen LogP contribution in [0.15, 0.2) is 48.5 Å². The van der Waals surface area contributed by atoms with Crippen LogP contribution in [0.2, 0.25) is 0 Å². The molecule has 1 heterocycles. The van der Waals surface area contributed by atoms with Crippen LogP contribution in [-0.4, -0.2) is 35.0 Å². The highest BCUT2D eigenvalue weighted by molar-refractivity contribution is 6.03. The number of anilines is 2. The Hall–Kier alpha value is -3.15. The molecule has 6 nitrogen and oxygen atoms in total. The van der Waals surface area contributed by atoms with Crippen LogP contribution in [0, 0.1) is 13.8 Å². The zero-order valence-electron chi connectivity index (χ0n) is 14.8. The largest absolute Gasteiger partial charge is 0.378 e. The molecule has 0 radical (unpaired) electrons. The maximum Gasteiger partial charge on any atom is 0.278 e. The molecule has 0 bridgehead atoms. The third-order valence-corrected chi connectivity index (χ3v) is 4.03. The van der Waals surface area contributed by atoms with Gasteiger partial charge in [0.1, 0.15) is 0 Å². The lowest BCUT2D eigenvalue weighted by atomic mass is 10.2. The van der Waals surface area contributed by atoms with E-state index in [-0.39, 0.29) is 5.91 Å². The number of hydrogen-bond donors (Lipinski definition) is 1. The minimum absolute atomic E-state index is 0.270. The van der Waals surface area contributed by atoms with E-state index in [1.165, 1.54) is 5.56 Å². The van der Waals surface area contributed by atoms with E-state index in [0.717, 1.165) is 17.1 Å². The van der Waals surface area contributed by atoms with Crippen molar-refractivity contribution < 1.29 is 4.79 Å². The summed E-state index contributed by atoms with van der Waals surface area (Å²) in [5.74, 6) is -0.270. The van der Waals surface area contributed by atoms with Gasteiger partial charge in [0.2, 0.25) is 0 Å². The number of nitrogens with one attached hydrogen (secondary N) is 1. The molecule has 0 fully saturated rings. The van der Waals surface area contributed by atoms with Gasteiger partial charge >= 0.3 is 0 Å². The van der Waals surface area contributed by atoms with Crippen LogP contribution < -0.4 is 10.2 Å². The Morgan fingerprint density at radius 1 is 1.00 bits per heavy atom. The van der Waals surface area contributed by atoms with Crippen LogP contribution in [0.25, 0.3) is 5.69 Å². The van der Waals surface area contributed by atoms with E-state index in [1.54, 1.807) is 4.68 Å². The summed E-state index contributed by atoms with van der Waals surface area (Å²) in [4.78, 5) is 14.5. The summed E-state index contributed by atoms with van der Waals surface area (Å²) in [7, 11) is 3.95. The van der Waals surface area contributed by atoms with Crippen LogP contribution >= 0.6 is 0 Å². The molecule has 1 amide bonds. The summed E-state index contributed by atoms with van der Waals surface area (Å²) in [5, 5.41) is 11.0. The van der Waals surface area contributed by atoms with Crippen LogP contribution in [0.4, 0.5) is 11.4 Å². The first-order valence-electron chi connectivity index (χ1n) is 8.04. The van der Waals surface area contributed by atoms with Gasteiger partial charge in [0, 0.05) is 25.5 Å². The van der Waals surface area contributed by atoms with Crippen LogP contribution in [0.1, 0.15) is 21.7 Å². The van der Waals surface area contributed by atoms with Gasteiger partial charge in [-0.05, 0) is 50.2 Å². The average molecular weight is 335 g/mol. The number of amides is 1.